The van der Waals surface area contributed by atoms with Gasteiger partial charge in [0.2, 0.25) is 0 Å². The molecule has 1 aromatic rings. The molecule has 0 unspecified atom stereocenters. The normalized spacial score (nSPS) is 8.86. The van der Waals surface area contributed by atoms with Crippen LogP contribution in [0.15, 0.2) is 18.7 Å². The molecule has 0 aliphatic carbocycles. The second kappa shape index (κ2) is 6.19. The molecule has 0 saturated carbocycles. The van der Waals surface area contributed by atoms with Gasteiger partial charge in [-0.25, -0.2) is 4.39 Å². The number of benzene rings is 1. The lowest BCUT2D eigenvalue weighted by Crippen LogP contribution is -1.92. The van der Waals surface area contributed by atoms with E-state index in [0.29, 0.717) is 16.8 Å². The van der Waals surface area contributed by atoms with Crippen LogP contribution < -0.4 is 5.73 Å². The Kier molecular flexibility index (Phi) is 5.61. The van der Waals surface area contributed by atoms with Crippen molar-refractivity contribution in [2.24, 2.45) is 0 Å². The summed E-state index contributed by atoms with van der Waals surface area (Å²) in [6.45, 7) is 9.44. The van der Waals surface area contributed by atoms with Crippen molar-refractivity contribution in [1.29, 1.82) is 0 Å². The summed E-state index contributed by atoms with van der Waals surface area (Å²) in [5, 5.41) is 0. The number of hydrogen-bond donors (Lipinski definition) is 1. The lowest BCUT2D eigenvalue weighted by atomic mass is 10.1. The van der Waals surface area contributed by atoms with E-state index in [4.69, 9.17) is 5.73 Å². The number of rotatable bonds is 1. The van der Waals surface area contributed by atoms with Crippen LogP contribution >= 0.6 is 0 Å². The molecule has 2 N–H and O–H groups in total. The molecule has 0 aliphatic heterocycles. The molecule has 0 aromatic heterocycles. The second-order valence-corrected chi connectivity index (χ2v) is 3.14. The van der Waals surface area contributed by atoms with Crippen LogP contribution in [0.2, 0.25) is 0 Å². The molecule has 0 bridgehead atoms. The third-order valence-corrected chi connectivity index (χ3v) is 1.58. The van der Waals surface area contributed by atoms with Crippen molar-refractivity contribution in [3.05, 3.63) is 35.7 Å². The number of halogens is 1. The van der Waals surface area contributed by atoms with Crippen molar-refractivity contribution in [1.82, 2.24) is 0 Å². The molecule has 0 aliphatic rings. The molecule has 1 rings (SSSR count). The summed E-state index contributed by atoms with van der Waals surface area (Å²) >= 11 is 0. The van der Waals surface area contributed by atoms with Crippen LogP contribution in [0.25, 0.3) is 6.08 Å². The van der Waals surface area contributed by atoms with E-state index in [-0.39, 0.29) is 5.82 Å². The highest BCUT2D eigenvalue weighted by atomic mass is 19.1. The van der Waals surface area contributed by atoms with Crippen LogP contribution in [0.4, 0.5) is 10.1 Å². The minimum atomic E-state index is -0.242. The summed E-state index contributed by atoms with van der Waals surface area (Å²) in [5.74, 6) is -0.242. The average Bonchev–Trinajstić information content (AvgIpc) is 2.12. The Balaban J connectivity index is 0.000000500. The Bertz CT molecular complexity index is 305. The maximum Gasteiger partial charge on any atom is 0.126 e. The van der Waals surface area contributed by atoms with Gasteiger partial charge in [0.15, 0.2) is 0 Å². The molecular weight excluding hydrogens is 177 g/mol. The van der Waals surface area contributed by atoms with Gasteiger partial charge in [-0.3, -0.25) is 0 Å². The molecule has 2 heteroatoms. The first-order chi connectivity index (χ1) is 6.56. The van der Waals surface area contributed by atoms with Crippen molar-refractivity contribution in [2.45, 2.75) is 27.2 Å². The Labute approximate surface area is 85.4 Å². The van der Waals surface area contributed by atoms with Crippen LogP contribution in [0.3, 0.4) is 0 Å². The number of hydrogen-bond acceptors (Lipinski definition) is 1. The molecule has 0 amide bonds. The summed E-state index contributed by atoms with van der Waals surface area (Å²) in [5.41, 5.74) is 7.34. The molecule has 0 fully saturated rings. The highest BCUT2D eigenvalue weighted by molar-refractivity contribution is 5.64. The number of anilines is 1. The fourth-order valence-corrected chi connectivity index (χ4v) is 0.896. The van der Waals surface area contributed by atoms with Gasteiger partial charge in [0.25, 0.3) is 0 Å². The van der Waals surface area contributed by atoms with Crippen LogP contribution in [0, 0.1) is 12.7 Å². The molecule has 78 valence electrons. The van der Waals surface area contributed by atoms with Gasteiger partial charge in [-0.15, -0.1) is 0 Å². The molecule has 14 heavy (non-hydrogen) atoms. The van der Waals surface area contributed by atoms with E-state index >= 15 is 0 Å². The smallest absolute Gasteiger partial charge is 0.126 e. The minimum Gasteiger partial charge on any atom is -0.398 e. The van der Waals surface area contributed by atoms with Crippen LogP contribution in [-0.4, -0.2) is 0 Å². The Morgan fingerprint density at radius 2 is 1.93 bits per heavy atom. The molecule has 1 nitrogen and oxygen atoms in total. The van der Waals surface area contributed by atoms with E-state index in [1.54, 1.807) is 13.0 Å². The monoisotopic (exact) mass is 195 g/mol. The van der Waals surface area contributed by atoms with Gasteiger partial charge in [-0.2, -0.15) is 0 Å². The van der Waals surface area contributed by atoms with Gasteiger partial charge >= 0.3 is 0 Å². The van der Waals surface area contributed by atoms with E-state index in [1.807, 2.05) is 0 Å². The Morgan fingerprint density at radius 3 is 2.36 bits per heavy atom. The fraction of sp³-hybridized carbons (Fsp3) is 0.333. The number of aryl methyl sites for hydroxylation is 1. The molecule has 0 saturated heterocycles. The zero-order chi connectivity index (χ0) is 11.1. The Hall–Kier alpha value is -1.31. The largest absolute Gasteiger partial charge is 0.398 e. The quantitative estimate of drug-likeness (QED) is 0.678. The van der Waals surface area contributed by atoms with E-state index in [9.17, 15) is 4.39 Å². The highest BCUT2D eigenvalue weighted by Gasteiger charge is 2.00. The third-order valence-electron chi connectivity index (χ3n) is 1.58. The zero-order valence-corrected chi connectivity index (χ0v) is 9.10. The maximum absolute atomic E-state index is 12.8. The third kappa shape index (κ3) is 3.60. The predicted molar refractivity (Wildman–Crippen MR) is 61.6 cm³/mol. The van der Waals surface area contributed by atoms with E-state index in [2.05, 4.69) is 20.4 Å². The molecule has 0 heterocycles. The summed E-state index contributed by atoms with van der Waals surface area (Å²) in [6.07, 6.45) is 2.79. The zero-order valence-electron chi connectivity index (χ0n) is 9.10. The molecule has 0 atom stereocenters. The van der Waals surface area contributed by atoms with Gasteiger partial charge in [0, 0.05) is 5.69 Å². The summed E-state index contributed by atoms with van der Waals surface area (Å²) in [7, 11) is 0. The first-order valence-corrected chi connectivity index (χ1v) is 4.74. The summed E-state index contributed by atoms with van der Waals surface area (Å²) in [6, 6.07) is 2.99. The van der Waals surface area contributed by atoms with Crippen LogP contribution in [0.1, 0.15) is 31.4 Å². The van der Waals surface area contributed by atoms with Crippen LogP contribution in [0.5, 0.6) is 0 Å². The first kappa shape index (κ1) is 12.7. The minimum absolute atomic E-state index is 0.242. The van der Waals surface area contributed by atoms with Crippen LogP contribution in [-0.2, 0) is 0 Å². The van der Waals surface area contributed by atoms with Gasteiger partial charge in [0.1, 0.15) is 5.82 Å². The molecule has 0 radical (unpaired) electrons. The second-order valence-electron chi connectivity index (χ2n) is 3.14. The fourth-order valence-electron chi connectivity index (χ4n) is 0.896. The van der Waals surface area contributed by atoms with Crippen molar-refractivity contribution >= 4 is 11.8 Å². The first-order valence-electron chi connectivity index (χ1n) is 4.74. The van der Waals surface area contributed by atoms with Gasteiger partial charge in [-0.05, 0) is 30.2 Å². The van der Waals surface area contributed by atoms with Gasteiger partial charge < -0.3 is 5.73 Å². The molecule has 1 aromatic carbocycles. The SMILES string of the molecule is C=Cc1cc(F)c(C)cc1N.CCC. The maximum atomic E-state index is 12.8. The highest BCUT2D eigenvalue weighted by Crippen LogP contribution is 2.17. The van der Waals surface area contributed by atoms with Gasteiger partial charge in [-0.1, -0.05) is 32.9 Å². The van der Waals surface area contributed by atoms with E-state index < -0.39 is 0 Å². The molecule has 0 spiro atoms. The average molecular weight is 195 g/mol. The lowest BCUT2D eigenvalue weighted by molar-refractivity contribution is 0.618. The topological polar surface area (TPSA) is 26.0 Å². The lowest BCUT2D eigenvalue weighted by Gasteiger charge is -2.02. The van der Waals surface area contributed by atoms with E-state index in [1.165, 1.54) is 18.6 Å². The number of nitrogens with two attached hydrogens (primary N) is 1. The molecular formula is C12H18FN. The van der Waals surface area contributed by atoms with E-state index in [0.717, 1.165) is 0 Å². The standard InChI is InChI=1S/C9H10FN.C3H8/c1-3-7-5-8(10)6(2)4-9(7)11;1-3-2/h3-5H,1,11H2,2H3;3H2,1-2H3. The number of nitrogen functional groups attached to an aromatic ring is 1. The Morgan fingerprint density at radius 1 is 1.43 bits per heavy atom. The summed E-state index contributed by atoms with van der Waals surface area (Å²) < 4.78 is 12.8. The predicted octanol–water partition coefficient (Wildman–Crippen LogP) is 3.78. The van der Waals surface area contributed by atoms with Crippen molar-refractivity contribution in [3.8, 4) is 0 Å². The van der Waals surface area contributed by atoms with Crippen molar-refractivity contribution in [2.75, 3.05) is 5.73 Å². The van der Waals surface area contributed by atoms with Crippen molar-refractivity contribution < 1.29 is 4.39 Å². The summed E-state index contributed by atoms with van der Waals surface area (Å²) in [4.78, 5) is 0. The van der Waals surface area contributed by atoms with Gasteiger partial charge in [0.05, 0.1) is 0 Å². The van der Waals surface area contributed by atoms with Crippen molar-refractivity contribution in [3.63, 3.8) is 0 Å².